The number of imide groups is 1. The minimum Gasteiger partial charge on any atom is -0.496 e. The number of hydrogen-bond donors (Lipinski definition) is 1. The molecule has 1 aromatic rings. The quantitative estimate of drug-likeness (QED) is 0.423. The molecule has 28 heavy (non-hydrogen) atoms. The molecule has 1 fully saturated rings. The Morgan fingerprint density at radius 1 is 1.11 bits per heavy atom. The van der Waals surface area contributed by atoms with Crippen LogP contribution in [0.3, 0.4) is 0 Å². The van der Waals surface area contributed by atoms with Crippen molar-refractivity contribution >= 4 is 23.7 Å². The van der Waals surface area contributed by atoms with Gasteiger partial charge in [-0.2, -0.15) is 0 Å². The summed E-state index contributed by atoms with van der Waals surface area (Å²) in [6.07, 6.45) is 4.76. The summed E-state index contributed by atoms with van der Waals surface area (Å²) in [6.45, 7) is -0.733. The lowest BCUT2D eigenvalue weighted by atomic mass is 9.85. The van der Waals surface area contributed by atoms with Crippen LogP contribution in [0.2, 0.25) is 0 Å². The van der Waals surface area contributed by atoms with Crippen LogP contribution in [0.1, 0.15) is 18.4 Å². The largest absolute Gasteiger partial charge is 0.496 e. The molecule has 0 unspecified atom stereocenters. The molecule has 3 amide bonds. The Balaban J connectivity index is 1.45. The van der Waals surface area contributed by atoms with Gasteiger partial charge in [-0.05, 0) is 18.9 Å². The van der Waals surface area contributed by atoms with E-state index in [-0.39, 0.29) is 18.4 Å². The second-order valence-electron chi connectivity index (χ2n) is 6.67. The maximum absolute atomic E-state index is 12.3. The lowest BCUT2D eigenvalue weighted by Crippen LogP contribution is -2.38. The summed E-state index contributed by atoms with van der Waals surface area (Å²) in [4.78, 5) is 49.5. The number of carbonyl (C=O) groups excluding carboxylic acids is 4. The molecule has 1 heterocycles. The number of para-hydroxylation sites is 1. The highest BCUT2D eigenvalue weighted by Gasteiger charge is 2.47. The van der Waals surface area contributed by atoms with Crippen LogP contribution in [0.5, 0.6) is 5.75 Å². The number of hydrogen-bond acceptors (Lipinski definition) is 6. The lowest BCUT2D eigenvalue weighted by Gasteiger charge is -2.14. The molecular formula is C20H22N2O6. The second kappa shape index (κ2) is 8.69. The van der Waals surface area contributed by atoms with Crippen molar-refractivity contribution in [3.05, 3.63) is 42.0 Å². The predicted octanol–water partition coefficient (Wildman–Crippen LogP) is 0.806. The van der Waals surface area contributed by atoms with Crippen molar-refractivity contribution in [1.29, 1.82) is 0 Å². The van der Waals surface area contributed by atoms with Gasteiger partial charge in [-0.1, -0.05) is 30.4 Å². The van der Waals surface area contributed by atoms with Crippen LogP contribution in [-0.2, 0) is 30.5 Å². The van der Waals surface area contributed by atoms with E-state index in [0.29, 0.717) is 18.6 Å². The van der Waals surface area contributed by atoms with Crippen molar-refractivity contribution in [2.45, 2.75) is 19.4 Å². The molecule has 1 saturated heterocycles. The van der Waals surface area contributed by atoms with Crippen LogP contribution in [0.4, 0.5) is 0 Å². The Hall–Kier alpha value is -3.16. The smallest absolute Gasteiger partial charge is 0.326 e. The van der Waals surface area contributed by atoms with Crippen LogP contribution < -0.4 is 10.1 Å². The Bertz CT molecular complexity index is 793. The molecule has 1 aliphatic heterocycles. The van der Waals surface area contributed by atoms with Gasteiger partial charge in [-0.25, -0.2) is 0 Å². The first-order chi connectivity index (χ1) is 13.5. The molecule has 3 rings (SSSR count). The predicted molar refractivity (Wildman–Crippen MR) is 97.9 cm³/mol. The summed E-state index contributed by atoms with van der Waals surface area (Å²) < 4.78 is 10.1. The molecule has 1 N–H and O–H groups in total. The third-order valence-electron chi connectivity index (χ3n) is 4.92. The highest BCUT2D eigenvalue weighted by Crippen LogP contribution is 2.34. The van der Waals surface area contributed by atoms with E-state index in [0.717, 1.165) is 10.5 Å². The van der Waals surface area contributed by atoms with Gasteiger partial charge in [0.05, 0.1) is 18.9 Å². The number of nitrogens with one attached hydrogen (secondary N) is 1. The fourth-order valence-corrected chi connectivity index (χ4v) is 3.44. The van der Waals surface area contributed by atoms with Gasteiger partial charge >= 0.3 is 5.97 Å². The van der Waals surface area contributed by atoms with E-state index in [1.165, 1.54) is 7.11 Å². The number of amides is 3. The maximum atomic E-state index is 12.3. The number of rotatable bonds is 7. The van der Waals surface area contributed by atoms with E-state index < -0.39 is 36.9 Å². The zero-order valence-corrected chi connectivity index (χ0v) is 15.6. The van der Waals surface area contributed by atoms with Crippen LogP contribution >= 0.6 is 0 Å². The average molecular weight is 386 g/mol. The number of methoxy groups -OCH3 is 1. The van der Waals surface area contributed by atoms with Crippen molar-refractivity contribution in [1.82, 2.24) is 10.2 Å². The van der Waals surface area contributed by atoms with Crippen molar-refractivity contribution in [2.75, 3.05) is 20.3 Å². The minimum absolute atomic E-state index is 0.222. The van der Waals surface area contributed by atoms with E-state index >= 15 is 0 Å². The Labute approximate surface area is 162 Å². The number of esters is 1. The van der Waals surface area contributed by atoms with Gasteiger partial charge < -0.3 is 14.8 Å². The van der Waals surface area contributed by atoms with Gasteiger partial charge in [-0.15, -0.1) is 0 Å². The molecule has 0 spiro atoms. The van der Waals surface area contributed by atoms with Gasteiger partial charge in [0, 0.05) is 12.1 Å². The molecule has 148 valence electrons. The SMILES string of the molecule is COc1ccccc1CNC(=O)COC(=O)CN1C(=O)[C@@H]2CC=CC[C@H]2C1=O. The summed E-state index contributed by atoms with van der Waals surface area (Å²) in [5, 5.41) is 2.63. The van der Waals surface area contributed by atoms with Crippen LogP contribution in [0.25, 0.3) is 0 Å². The normalized spacial score (nSPS) is 20.7. The van der Waals surface area contributed by atoms with Gasteiger partial charge in [0.25, 0.3) is 5.91 Å². The van der Waals surface area contributed by atoms with Gasteiger partial charge in [0.1, 0.15) is 12.3 Å². The van der Waals surface area contributed by atoms with Gasteiger partial charge in [-0.3, -0.25) is 24.1 Å². The van der Waals surface area contributed by atoms with Crippen molar-refractivity contribution in [3.63, 3.8) is 0 Å². The monoisotopic (exact) mass is 386 g/mol. The Kier molecular flexibility index (Phi) is 6.08. The van der Waals surface area contributed by atoms with Gasteiger partial charge in [0.2, 0.25) is 11.8 Å². The van der Waals surface area contributed by atoms with Crippen molar-refractivity contribution in [2.24, 2.45) is 11.8 Å². The fraction of sp³-hybridized carbons (Fsp3) is 0.400. The standard InChI is InChI=1S/C20H22N2O6/c1-27-16-9-5-2-6-13(16)10-21-17(23)12-28-18(24)11-22-19(25)14-7-3-4-8-15(14)20(22)26/h2-6,9,14-15H,7-8,10-12H2,1H3,(H,21,23)/t14-,15-/m1/s1. The molecule has 0 radical (unpaired) electrons. The third kappa shape index (κ3) is 4.21. The minimum atomic E-state index is -0.791. The molecule has 2 aliphatic rings. The maximum Gasteiger partial charge on any atom is 0.326 e. The van der Waals surface area contributed by atoms with Crippen LogP contribution in [0.15, 0.2) is 36.4 Å². The third-order valence-corrected chi connectivity index (χ3v) is 4.92. The molecule has 8 nitrogen and oxygen atoms in total. The summed E-state index contributed by atoms with van der Waals surface area (Å²) >= 11 is 0. The number of carbonyl (C=O) groups is 4. The number of benzene rings is 1. The van der Waals surface area contributed by atoms with E-state index in [1.54, 1.807) is 6.07 Å². The summed E-state index contributed by atoms with van der Waals surface area (Å²) in [7, 11) is 1.54. The van der Waals surface area contributed by atoms with E-state index in [4.69, 9.17) is 9.47 Å². The van der Waals surface area contributed by atoms with Crippen LogP contribution in [0, 0.1) is 11.8 Å². The average Bonchev–Trinajstić information content (AvgIpc) is 2.96. The number of likely N-dealkylation sites (tertiary alicyclic amines) is 1. The highest BCUT2D eigenvalue weighted by atomic mass is 16.5. The molecule has 0 saturated carbocycles. The van der Waals surface area contributed by atoms with Crippen molar-refractivity contribution < 1.29 is 28.7 Å². The molecule has 8 heteroatoms. The first-order valence-corrected chi connectivity index (χ1v) is 9.05. The summed E-state index contributed by atoms with van der Waals surface area (Å²) in [5.74, 6) is -2.13. The molecule has 1 aromatic carbocycles. The topological polar surface area (TPSA) is 102 Å². The molecule has 0 aromatic heterocycles. The van der Waals surface area contributed by atoms with E-state index in [9.17, 15) is 19.2 Å². The number of fused-ring (bicyclic) bond motifs is 1. The fourth-order valence-electron chi connectivity index (χ4n) is 3.44. The first kappa shape index (κ1) is 19.6. The number of nitrogens with zero attached hydrogens (tertiary/aromatic N) is 1. The van der Waals surface area contributed by atoms with Crippen LogP contribution in [-0.4, -0.2) is 48.9 Å². The number of ether oxygens (including phenoxy) is 2. The Morgan fingerprint density at radius 3 is 2.39 bits per heavy atom. The molecule has 0 bridgehead atoms. The highest BCUT2D eigenvalue weighted by molar-refractivity contribution is 6.07. The zero-order chi connectivity index (χ0) is 20.1. The van der Waals surface area contributed by atoms with E-state index in [1.807, 2.05) is 30.4 Å². The zero-order valence-electron chi connectivity index (χ0n) is 15.6. The molecular weight excluding hydrogens is 364 g/mol. The van der Waals surface area contributed by atoms with E-state index in [2.05, 4.69) is 5.32 Å². The number of allylic oxidation sites excluding steroid dienone is 2. The first-order valence-electron chi connectivity index (χ1n) is 9.05. The summed E-state index contributed by atoms with van der Waals surface area (Å²) in [6, 6.07) is 7.23. The summed E-state index contributed by atoms with van der Waals surface area (Å²) in [5.41, 5.74) is 0.786. The lowest BCUT2D eigenvalue weighted by molar-refractivity contribution is -0.154. The van der Waals surface area contributed by atoms with Crippen molar-refractivity contribution in [3.8, 4) is 5.75 Å². The Morgan fingerprint density at radius 2 is 1.75 bits per heavy atom. The second-order valence-corrected chi connectivity index (χ2v) is 6.67. The van der Waals surface area contributed by atoms with Gasteiger partial charge in [0.15, 0.2) is 6.61 Å². The molecule has 2 atom stereocenters. The molecule has 1 aliphatic carbocycles.